The van der Waals surface area contributed by atoms with Gasteiger partial charge in [-0.2, -0.15) is 0 Å². The van der Waals surface area contributed by atoms with E-state index in [9.17, 15) is 4.39 Å². The van der Waals surface area contributed by atoms with Crippen molar-refractivity contribution in [1.82, 2.24) is 0 Å². The molecule has 0 amide bonds. The van der Waals surface area contributed by atoms with Crippen LogP contribution in [0.15, 0.2) is 36.4 Å². The fourth-order valence-corrected chi connectivity index (χ4v) is 3.13. The minimum atomic E-state index is -0.487. The molecule has 1 atom stereocenters. The van der Waals surface area contributed by atoms with Crippen LogP contribution in [0.25, 0.3) is 0 Å². The Balaban J connectivity index is 1.97. The van der Waals surface area contributed by atoms with Crippen LogP contribution in [-0.2, 0) is 6.42 Å². The standard InChI is InChI=1S/C18H18ClFO/c1-11-4-6-15(20)14(8-11)17(19)12-5-7-16-13(9-12)10-18(2,3)21-16/h4-9,17H,10H2,1-3H3. The lowest BCUT2D eigenvalue weighted by atomic mass is 9.97. The van der Waals surface area contributed by atoms with E-state index >= 15 is 0 Å². The van der Waals surface area contributed by atoms with E-state index in [0.29, 0.717) is 5.56 Å². The molecule has 1 nitrogen and oxygen atoms in total. The predicted octanol–water partition coefficient (Wildman–Crippen LogP) is 5.18. The maximum absolute atomic E-state index is 14.0. The Morgan fingerprint density at radius 3 is 2.71 bits per heavy atom. The Bertz CT molecular complexity index is 694. The van der Waals surface area contributed by atoms with Gasteiger partial charge in [0.15, 0.2) is 0 Å². The van der Waals surface area contributed by atoms with Crippen molar-refractivity contribution in [1.29, 1.82) is 0 Å². The van der Waals surface area contributed by atoms with E-state index in [0.717, 1.165) is 28.9 Å². The molecule has 2 aromatic rings. The molecule has 0 radical (unpaired) electrons. The van der Waals surface area contributed by atoms with E-state index in [-0.39, 0.29) is 11.4 Å². The molecule has 3 heteroatoms. The number of alkyl halides is 1. The predicted molar refractivity (Wildman–Crippen MR) is 83.7 cm³/mol. The highest BCUT2D eigenvalue weighted by Gasteiger charge is 2.30. The maximum Gasteiger partial charge on any atom is 0.128 e. The molecule has 0 spiro atoms. The molecule has 0 N–H and O–H groups in total. The van der Waals surface area contributed by atoms with Gasteiger partial charge in [-0.25, -0.2) is 4.39 Å². The summed E-state index contributed by atoms with van der Waals surface area (Å²) in [4.78, 5) is 0. The molecule has 1 aliphatic rings. The minimum Gasteiger partial charge on any atom is -0.487 e. The second-order valence-electron chi connectivity index (χ2n) is 6.29. The summed E-state index contributed by atoms with van der Waals surface area (Å²) in [6.07, 6.45) is 0.843. The van der Waals surface area contributed by atoms with Crippen LogP contribution in [0.1, 0.15) is 41.5 Å². The number of halogens is 2. The zero-order chi connectivity index (χ0) is 15.2. The molecule has 0 saturated heterocycles. The van der Waals surface area contributed by atoms with Gasteiger partial charge in [-0.1, -0.05) is 29.8 Å². The van der Waals surface area contributed by atoms with Crippen molar-refractivity contribution >= 4 is 11.6 Å². The Kier molecular flexibility index (Phi) is 3.45. The van der Waals surface area contributed by atoms with Crippen molar-refractivity contribution in [2.45, 2.75) is 38.2 Å². The summed E-state index contributed by atoms with van der Waals surface area (Å²) < 4.78 is 19.9. The molecule has 3 rings (SSSR count). The molecule has 0 aliphatic carbocycles. The molecule has 0 bridgehead atoms. The quantitative estimate of drug-likeness (QED) is 0.695. The van der Waals surface area contributed by atoms with Crippen molar-refractivity contribution in [3.05, 3.63) is 64.5 Å². The number of fused-ring (bicyclic) bond motifs is 1. The van der Waals surface area contributed by atoms with Crippen LogP contribution in [0.3, 0.4) is 0 Å². The van der Waals surface area contributed by atoms with Crippen LogP contribution in [0.5, 0.6) is 5.75 Å². The van der Waals surface area contributed by atoms with Crippen molar-refractivity contribution in [3.63, 3.8) is 0 Å². The fourth-order valence-electron chi connectivity index (χ4n) is 2.82. The Labute approximate surface area is 129 Å². The second-order valence-corrected chi connectivity index (χ2v) is 6.73. The summed E-state index contributed by atoms with van der Waals surface area (Å²) >= 11 is 6.50. The van der Waals surface area contributed by atoms with Crippen molar-refractivity contribution in [3.8, 4) is 5.75 Å². The first-order valence-electron chi connectivity index (χ1n) is 7.08. The smallest absolute Gasteiger partial charge is 0.128 e. The number of benzene rings is 2. The maximum atomic E-state index is 14.0. The Hall–Kier alpha value is -1.54. The molecule has 0 fully saturated rings. The average Bonchev–Trinajstić information content (AvgIpc) is 2.73. The minimum absolute atomic E-state index is 0.183. The molecule has 0 saturated carbocycles. The zero-order valence-electron chi connectivity index (χ0n) is 12.4. The van der Waals surface area contributed by atoms with Crippen LogP contribution >= 0.6 is 11.6 Å². The van der Waals surface area contributed by atoms with Crippen LogP contribution in [0, 0.1) is 12.7 Å². The highest BCUT2D eigenvalue weighted by Crippen LogP contribution is 2.39. The van der Waals surface area contributed by atoms with Gasteiger partial charge in [0.25, 0.3) is 0 Å². The van der Waals surface area contributed by atoms with Crippen LogP contribution in [-0.4, -0.2) is 5.60 Å². The summed E-state index contributed by atoms with van der Waals surface area (Å²) in [6, 6.07) is 10.9. The topological polar surface area (TPSA) is 9.23 Å². The Morgan fingerprint density at radius 1 is 1.19 bits per heavy atom. The van der Waals surface area contributed by atoms with Crippen molar-refractivity contribution in [2.75, 3.05) is 0 Å². The third-order valence-electron chi connectivity index (χ3n) is 3.80. The summed E-state index contributed by atoms with van der Waals surface area (Å²) in [7, 11) is 0. The largest absolute Gasteiger partial charge is 0.487 e. The lowest BCUT2D eigenvalue weighted by molar-refractivity contribution is 0.138. The monoisotopic (exact) mass is 304 g/mol. The fraction of sp³-hybridized carbons (Fsp3) is 0.333. The first kappa shape index (κ1) is 14.4. The third-order valence-corrected chi connectivity index (χ3v) is 4.29. The highest BCUT2D eigenvalue weighted by atomic mass is 35.5. The number of hydrogen-bond acceptors (Lipinski definition) is 1. The van der Waals surface area contributed by atoms with Gasteiger partial charge in [0.05, 0.1) is 5.38 Å². The SMILES string of the molecule is Cc1ccc(F)c(C(Cl)c2ccc3c(c2)CC(C)(C)O3)c1. The van der Waals surface area contributed by atoms with Crippen LogP contribution in [0.2, 0.25) is 0 Å². The second kappa shape index (κ2) is 5.03. The molecular weight excluding hydrogens is 287 g/mol. The molecule has 1 unspecified atom stereocenters. The van der Waals surface area contributed by atoms with Crippen LogP contribution < -0.4 is 4.74 Å². The number of rotatable bonds is 2. The van der Waals surface area contributed by atoms with Gasteiger partial charge in [-0.15, -0.1) is 11.6 Å². The van der Waals surface area contributed by atoms with Gasteiger partial charge in [-0.3, -0.25) is 0 Å². The summed E-state index contributed by atoms with van der Waals surface area (Å²) in [5.74, 6) is 0.634. The zero-order valence-corrected chi connectivity index (χ0v) is 13.2. The average molecular weight is 305 g/mol. The molecular formula is C18H18ClFO. The van der Waals surface area contributed by atoms with Gasteiger partial charge in [0.1, 0.15) is 17.2 Å². The number of hydrogen-bond donors (Lipinski definition) is 0. The summed E-state index contributed by atoms with van der Waals surface area (Å²) in [6.45, 7) is 6.06. The van der Waals surface area contributed by atoms with E-state index in [1.165, 1.54) is 6.07 Å². The van der Waals surface area contributed by atoms with Gasteiger partial charge < -0.3 is 4.74 Å². The summed E-state index contributed by atoms with van der Waals surface area (Å²) in [5.41, 5.74) is 3.38. The molecule has 1 aliphatic heterocycles. The van der Waals surface area contributed by atoms with Gasteiger partial charge in [0.2, 0.25) is 0 Å². The van der Waals surface area contributed by atoms with E-state index in [1.807, 2.05) is 25.1 Å². The van der Waals surface area contributed by atoms with Crippen LogP contribution in [0.4, 0.5) is 4.39 Å². The molecule has 110 valence electrons. The highest BCUT2D eigenvalue weighted by molar-refractivity contribution is 6.22. The molecule has 0 aromatic heterocycles. The van der Waals surface area contributed by atoms with Gasteiger partial charge in [0, 0.05) is 12.0 Å². The molecule has 2 aromatic carbocycles. The third kappa shape index (κ3) is 2.77. The number of ether oxygens (including phenoxy) is 1. The van der Waals surface area contributed by atoms with E-state index in [2.05, 4.69) is 13.8 Å². The number of aryl methyl sites for hydroxylation is 1. The van der Waals surface area contributed by atoms with E-state index in [1.54, 1.807) is 12.1 Å². The van der Waals surface area contributed by atoms with E-state index < -0.39 is 5.38 Å². The first-order valence-corrected chi connectivity index (χ1v) is 7.51. The lowest BCUT2D eigenvalue weighted by Gasteiger charge is -2.16. The van der Waals surface area contributed by atoms with Crippen molar-refractivity contribution < 1.29 is 9.13 Å². The van der Waals surface area contributed by atoms with Gasteiger partial charge >= 0.3 is 0 Å². The van der Waals surface area contributed by atoms with Gasteiger partial charge in [-0.05, 0) is 44.0 Å². The lowest BCUT2D eigenvalue weighted by Crippen LogP contribution is -2.24. The molecule has 1 heterocycles. The summed E-state index contributed by atoms with van der Waals surface area (Å²) in [5, 5.41) is -0.487. The normalized spacial score (nSPS) is 17.2. The van der Waals surface area contributed by atoms with Crippen molar-refractivity contribution in [2.24, 2.45) is 0 Å². The first-order chi connectivity index (χ1) is 9.85. The Morgan fingerprint density at radius 2 is 1.95 bits per heavy atom. The van der Waals surface area contributed by atoms with E-state index in [4.69, 9.17) is 16.3 Å². The molecule has 21 heavy (non-hydrogen) atoms.